The van der Waals surface area contributed by atoms with Gasteiger partial charge < -0.3 is 19.7 Å². The molecule has 0 unspecified atom stereocenters. The zero-order valence-corrected chi connectivity index (χ0v) is 7.32. The van der Waals surface area contributed by atoms with Gasteiger partial charge in [0.1, 0.15) is 6.79 Å². The summed E-state index contributed by atoms with van der Waals surface area (Å²) < 4.78 is 9.98. The summed E-state index contributed by atoms with van der Waals surface area (Å²) in [5.41, 5.74) is -0.293. The summed E-state index contributed by atoms with van der Waals surface area (Å²) in [6, 6.07) is 0. The maximum absolute atomic E-state index is 8.93. The highest BCUT2D eigenvalue weighted by molar-refractivity contribution is 4.93. The molecule has 4 heteroatoms. The van der Waals surface area contributed by atoms with Crippen molar-refractivity contribution in [2.45, 2.75) is 18.9 Å². The number of methoxy groups -OCH3 is 1. The van der Waals surface area contributed by atoms with Gasteiger partial charge in [0, 0.05) is 12.5 Å². The van der Waals surface area contributed by atoms with Crippen molar-refractivity contribution in [1.29, 1.82) is 0 Å². The lowest BCUT2D eigenvalue weighted by molar-refractivity contribution is -0.162. The highest BCUT2D eigenvalue weighted by Crippen LogP contribution is 2.41. The van der Waals surface area contributed by atoms with Crippen LogP contribution in [0.25, 0.3) is 0 Å². The summed E-state index contributed by atoms with van der Waals surface area (Å²) >= 11 is 0. The molecular weight excluding hydrogens is 160 g/mol. The maximum atomic E-state index is 8.93. The first-order valence-corrected chi connectivity index (χ1v) is 4.08. The zero-order valence-electron chi connectivity index (χ0n) is 7.32. The van der Waals surface area contributed by atoms with Crippen molar-refractivity contribution in [2.75, 3.05) is 27.1 Å². The van der Waals surface area contributed by atoms with Crippen molar-refractivity contribution in [3.8, 4) is 0 Å². The van der Waals surface area contributed by atoms with Crippen LogP contribution in [-0.2, 0) is 9.47 Å². The molecule has 1 aliphatic carbocycles. The van der Waals surface area contributed by atoms with Crippen LogP contribution in [0.15, 0.2) is 0 Å². The minimum atomic E-state index is -0.293. The second-order valence-electron chi connectivity index (χ2n) is 3.42. The van der Waals surface area contributed by atoms with Gasteiger partial charge in [-0.05, 0) is 12.8 Å². The van der Waals surface area contributed by atoms with Crippen LogP contribution in [-0.4, -0.2) is 43.4 Å². The Morgan fingerprint density at radius 1 is 1.33 bits per heavy atom. The molecule has 0 aliphatic heterocycles. The molecule has 0 atom stereocenters. The Labute approximate surface area is 72.1 Å². The van der Waals surface area contributed by atoms with Gasteiger partial charge in [0.15, 0.2) is 0 Å². The third-order valence-electron chi connectivity index (χ3n) is 2.41. The number of hydrogen-bond acceptors (Lipinski definition) is 4. The van der Waals surface area contributed by atoms with Crippen LogP contribution < -0.4 is 0 Å². The van der Waals surface area contributed by atoms with E-state index in [1.165, 1.54) is 0 Å². The summed E-state index contributed by atoms with van der Waals surface area (Å²) in [5.74, 6) is 0. The predicted molar refractivity (Wildman–Crippen MR) is 42.6 cm³/mol. The molecule has 0 aromatic rings. The lowest BCUT2D eigenvalue weighted by Crippen LogP contribution is -2.47. The lowest BCUT2D eigenvalue weighted by Gasteiger charge is -2.44. The Morgan fingerprint density at radius 2 is 1.92 bits per heavy atom. The van der Waals surface area contributed by atoms with Gasteiger partial charge in [-0.15, -0.1) is 0 Å². The van der Waals surface area contributed by atoms with Crippen LogP contribution in [0, 0.1) is 5.41 Å². The first-order chi connectivity index (χ1) is 5.76. The quantitative estimate of drug-likeness (QED) is 0.567. The van der Waals surface area contributed by atoms with Gasteiger partial charge in [-0.25, -0.2) is 0 Å². The van der Waals surface area contributed by atoms with Crippen molar-refractivity contribution in [3.63, 3.8) is 0 Å². The average molecular weight is 176 g/mol. The smallest absolute Gasteiger partial charge is 0.146 e. The van der Waals surface area contributed by atoms with E-state index in [0.29, 0.717) is 0 Å². The van der Waals surface area contributed by atoms with Gasteiger partial charge in [0.2, 0.25) is 0 Å². The number of ether oxygens (including phenoxy) is 2. The van der Waals surface area contributed by atoms with Gasteiger partial charge in [-0.2, -0.15) is 0 Å². The third kappa shape index (κ3) is 1.95. The molecule has 1 rings (SSSR count). The summed E-state index contributed by atoms with van der Waals surface area (Å²) in [4.78, 5) is 0. The summed E-state index contributed by atoms with van der Waals surface area (Å²) in [6.45, 7) is 0.365. The van der Waals surface area contributed by atoms with Crippen LogP contribution in [0.4, 0.5) is 0 Å². The van der Waals surface area contributed by atoms with Gasteiger partial charge in [0.25, 0.3) is 0 Å². The van der Waals surface area contributed by atoms with Crippen molar-refractivity contribution >= 4 is 0 Å². The number of hydrogen-bond donors (Lipinski definition) is 2. The molecule has 1 aliphatic rings. The number of rotatable bonds is 5. The fourth-order valence-electron chi connectivity index (χ4n) is 1.50. The maximum Gasteiger partial charge on any atom is 0.146 e. The molecule has 2 N–H and O–H groups in total. The lowest BCUT2D eigenvalue weighted by atomic mass is 9.68. The Hall–Kier alpha value is -0.160. The van der Waals surface area contributed by atoms with E-state index in [4.69, 9.17) is 19.7 Å². The van der Waals surface area contributed by atoms with E-state index in [-0.39, 0.29) is 31.5 Å². The second kappa shape index (κ2) is 4.18. The van der Waals surface area contributed by atoms with E-state index in [1.807, 2.05) is 0 Å². The normalized spacial score (nSPS) is 22.2. The van der Waals surface area contributed by atoms with E-state index >= 15 is 0 Å². The number of aliphatic hydroxyl groups is 2. The predicted octanol–water partition coefficient (Wildman–Crippen LogP) is -0.260. The van der Waals surface area contributed by atoms with E-state index in [1.54, 1.807) is 7.11 Å². The fourth-order valence-corrected chi connectivity index (χ4v) is 1.50. The van der Waals surface area contributed by atoms with E-state index in [2.05, 4.69) is 0 Å². The topological polar surface area (TPSA) is 58.9 Å². The largest absolute Gasteiger partial charge is 0.396 e. The van der Waals surface area contributed by atoms with Crippen molar-refractivity contribution in [2.24, 2.45) is 5.41 Å². The molecule has 0 aromatic heterocycles. The minimum Gasteiger partial charge on any atom is -0.396 e. The highest BCUT2D eigenvalue weighted by Gasteiger charge is 2.44. The van der Waals surface area contributed by atoms with Gasteiger partial charge in [-0.1, -0.05) is 0 Å². The monoisotopic (exact) mass is 176 g/mol. The summed E-state index contributed by atoms with van der Waals surface area (Å²) in [5, 5.41) is 17.9. The number of aliphatic hydroxyl groups excluding tert-OH is 2. The van der Waals surface area contributed by atoms with Gasteiger partial charge in [0.05, 0.1) is 19.3 Å². The zero-order chi connectivity index (χ0) is 9.03. The van der Waals surface area contributed by atoms with E-state index in [0.717, 1.165) is 12.8 Å². The Bertz CT molecular complexity index is 125. The Kier molecular flexibility index (Phi) is 3.46. The standard InChI is InChI=1S/C8H16O4/c1-11-6-12-7-2-8(3-7,4-9)5-10/h7,9-10H,2-6H2,1H3. The molecule has 72 valence electrons. The second-order valence-corrected chi connectivity index (χ2v) is 3.42. The van der Waals surface area contributed by atoms with E-state index < -0.39 is 0 Å². The molecule has 1 saturated carbocycles. The van der Waals surface area contributed by atoms with Crippen LogP contribution in [0.2, 0.25) is 0 Å². The van der Waals surface area contributed by atoms with Crippen LogP contribution in [0.5, 0.6) is 0 Å². The van der Waals surface area contributed by atoms with Crippen LogP contribution >= 0.6 is 0 Å². The first-order valence-electron chi connectivity index (χ1n) is 4.08. The van der Waals surface area contributed by atoms with Gasteiger partial charge >= 0.3 is 0 Å². The fraction of sp³-hybridized carbons (Fsp3) is 1.00. The Balaban J connectivity index is 2.16. The van der Waals surface area contributed by atoms with E-state index in [9.17, 15) is 0 Å². The van der Waals surface area contributed by atoms with Crippen molar-refractivity contribution < 1.29 is 19.7 Å². The SMILES string of the molecule is COCOC1CC(CO)(CO)C1. The molecule has 1 fully saturated rings. The average Bonchev–Trinajstić information content (AvgIpc) is 2.04. The molecule has 0 radical (unpaired) electrons. The third-order valence-corrected chi connectivity index (χ3v) is 2.41. The molecule has 0 aromatic carbocycles. The summed E-state index contributed by atoms with van der Waals surface area (Å²) in [6.07, 6.45) is 1.59. The summed E-state index contributed by atoms with van der Waals surface area (Å²) in [7, 11) is 1.57. The van der Waals surface area contributed by atoms with Crippen LogP contribution in [0.3, 0.4) is 0 Å². The Morgan fingerprint density at radius 3 is 2.33 bits per heavy atom. The van der Waals surface area contributed by atoms with Crippen LogP contribution in [0.1, 0.15) is 12.8 Å². The molecule has 0 heterocycles. The molecule has 0 bridgehead atoms. The molecule has 0 amide bonds. The first kappa shape index (κ1) is 9.92. The molecule has 12 heavy (non-hydrogen) atoms. The highest BCUT2D eigenvalue weighted by atomic mass is 16.7. The molecule has 0 saturated heterocycles. The van der Waals surface area contributed by atoms with Crippen molar-refractivity contribution in [1.82, 2.24) is 0 Å². The molecular formula is C8H16O4. The van der Waals surface area contributed by atoms with Crippen molar-refractivity contribution in [3.05, 3.63) is 0 Å². The minimum absolute atomic E-state index is 0.0380. The molecule has 4 nitrogen and oxygen atoms in total. The molecule has 0 spiro atoms. The van der Waals surface area contributed by atoms with Gasteiger partial charge in [-0.3, -0.25) is 0 Å².